The first-order valence-corrected chi connectivity index (χ1v) is 13.4. The molecule has 0 aliphatic carbocycles. The number of hydrogen-bond donors (Lipinski definition) is 4. The van der Waals surface area contributed by atoms with Crippen molar-refractivity contribution in [2.24, 2.45) is 0 Å². The highest BCUT2D eigenvalue weighted by molar-refractivity contribution is 7.92. The SMILES string of the molecule is CCCS(=O)(=O)Nc1ccc(F)c(C(=O)c2c[nH]c3ncnc(Nc4cccc(-[n+]5[nH]nnc5C)c4)c23)c1F. The molecule has 0 saturated heterocycles. The fourth-order valence-electron chi connectivity index (χ4n) is 4.06. The Bertz CT molecular complexity index is 1820. The van der Waals surface area contributed by atoms with Crippen LogP contribution in [0.1, 0.15) is 35.1 Å². The van der Waals surface area contributed by atoms with Crippen LogP contribution >= 0.6 is 0 Å². The number of tetrazole rings is 1. The van der Waals surface area contributed by atoms with Crippen molar-refractivity contribution in [1.29, 1.82) is 0 Å². The molecule has 5 rings (SSSR count). The van der Waals surface area contributed by atoms with Crippen molar-refractivity contribution in [2.75, 3.05) is 15.8 Å². The summed E-state index contributed by atoms with van der Waals surface area (Å²) in [5.41, 5.74) is -0.0132. The van der Waals surface area contributed by atoms with Gasteiger partial charge in [-0.2, -0.15) is 0 Å². The molecule has 0 aliphatic rings. The number of ketones is 1. The van der Waals surface area contributed by atoms with Crippen LogP contribution in [0.2, 0.25) is 0 Å². The molecule has 39 heavy (non-hydrogen) atoms. The second-order valence-corrected chi connectivity index (χ2v) is 10.4. The summed E-state index contributed by atoms with van der Waals surface area (Å²) in [5, 5.41) is 13.7. The summed E-state index contributed by atoms with van der Waals surface area (Å²) in [6.07, 6.45) is 2.82. The average Bonchev–Trinajstić information content (AvgIpc) is 3.53. The number of benzene rings is 2. The van der Waals surface area contributed by atoms with Crippen LogP contribution in [0.5, 0.6) is 0 Å². The fourth-order valence-corrected chi connectivity index (χ4v) is 5.19. The number of carbonyl (C=O) groups is 1. The molecule has 3 heterocycles. The summed E-state index contributed by atoms with van der Waals surface area (Å²) < 4.78 is 58.2. The molecule has 0 saturated carbocycles. The molecule has 2 aromatic carbocycles. The van der Waals surface area contributed by atoms with Crippen molar-refractivity contribution < 1.29 is 26.7 Å². The monoisotopic (exact) mass is 554 g/mol. The van der Waals surface area contributed by atoms with Crippen LogP contribution in [-0.2, 0) is 10.0 Å². The quantitative estimate of drug-likeness (QED) is 0.160. The van der Waals surface area contributed by atoms with Crippen molar-refractivity contribution in [1.82, 2.24) is 30.5 Å². The Morgan fingerprint density at radius 2 is 1.97 bits per heavy atom. The third-order valence-electron chi connectivity index (χ3n) is 5.80. The van der Waals surface area contributed by atoms with Crippen LogP contribution in [0.3, 0.4) is 0 Å². The normalized spacial score (nSPS) is 11.6. The van der Waals surface area contributed by atoms with Gasteiger partial charge >= 0.3 is 5.82 Å². The molecule has 0 radical (unpaired) electrons. The van der Waals surface area contributed by atoms with Crippen LogP contribution < -0.4 is 14.7 Å². The van der Waals surface area contributed by atoms with E-state index in [9.17, 15) is 17.6 Å². The van der Waals surface area contributed by atoms with E-state index < -0.39 is 38.7 Å². The molecule has 5 aromatic rings. The maximum Gasteiger partial charge on any atom is 0.302 e. The third-order valence-corrected chi connectivity index (χ3v) is 7.28. The average molecular weight is 555 g/mol. The number of halogens is 2. The third kappa shape index (κ3) is 5.03. The first-order valence-electron chi connectivity index (χ1n) is 11.7. The lowest BCUT2D eigenvalue weighted by molar-refractivity contribution is -0.666. The van der Waals surface area contributed by atoms with E-state index in [1.807, 2.05) is 6.07 Å². The minimum Gasteiger partial charge on any atom is -0.345 e. The lowest BCUT2D eigenvalue weighted by atomic mass is 10.0. The Hall–Kier alpha value is -4.79. The molecule has 0 aliphatic heterocycles. The zero-order valence-corrected chi connectivity index (χ0v) is 21.5. The van der Waals surface area contributed by atoms with E-state index in [4.69, 9.17) is 0 Å². The number of nitrogens with one attached hydrogen (secondary N) is 4. The Balaban J connectivity index is 1.54. The largest absolute Gasteiger partial charge is 0.345 e. The summed E-state index contributed by atoms with van der Waals surface area (Å²) in [5.74, 6) is -2.93. The highest BCUT2D eigenvalue weighted by Crippen LogP contribution is 2.31. The molecule has 200 valence electrons. The zero-order valence-electron chi connectivity index (χ0n) is 20.7. The Morgan fingerprint density at radius 3 is 2.72 bits per heavy atom. The Morgan fingerprint density at radius 1 is 1.15 bits per heavy atom. The smallest absolute Gasteiger partial charge is 0.302 e. The molecule has 0 fully saturated rings. The van der Waals surface area contributed by atoms with Crippen molar-refractivity contribution >= 4 is 44.0 Å². The lowest BCUT2D eigenvalue weighted by Gasteiger charge is -2.12. The summed E-state index contributed by atoms with van der Waals surface area (Å²) in [7, 11) is -3.89. The first-order chi connectivity index (χ1) is 18.7. The van der Waals surface area contributed by atoms with E-state index in [0.717, 1.165) is 12.1 Å². The number of rotatable bonds is 9. The lowest BCUT2D eigenvalue weighted by Crippen LogP contribution is -2.35. The van der Waals surface area contributed by atoms with E-state index >= 15 is 4.39 Å². The van der Waals surface area contributed by atoms with Gasteiger partial charge in [0.1, 0.15) is 34.4 Å². The molecular formula is C24H22F2N9O3S+. The van der Waals surface area contributed by atoms with Gasteiger partial charge in [-0.05, 0) is 30.7 Å². The van der Waals surface area contributed by atoms with Gasteiger partial charge in [0.2, 0.25) is 15.8 Å². The van der Waals surface area contributed by atoms with Crippen LogP contribution in [0, 0.1) is 18.6 Å². The van der Waals surface area contributed by atoms with Crippen molar-refractivity contribution in [3.05, 3.63) is 77.5 Å². The van der Waals surface area contributed by atoms with Crippen molar-refractivity contribution in [3.8, 4) is 5.69 Å². The van der Waals surface area contributed by atoms with Gasteiger partial charge in [-0.1, -0.05) is 18.2 Å². The van der Waals surface area contributed by atoms with Gasteiger partial charge in [0.15, 0.2) is 11.0 Å². The molecule has 3 aromatic heterocycles. The molecule has 12 nitrogen and oxygen atoms in total. The van der Waals surface area contributed by atoms with Gasteiger partial charge in [-0.15, -0.1) is 4.68 Å². The number of aryl methyl sites for hydroxylation is 1. The van der Waals surface area contributed by atoms with Crippen LogP contribution in [-0.4, -0.2) is 50.4 Å². The summed E-state index contributed by atoms with van der Waals surface area (Å²) in [6.45, 7) is 3.42. The van der Waals surface area contributed by atoms with Gasteiger partial charge in [-0.3, -0.25) is 9.52 Å². The fraction of sp³-hybridized carbons (Fsp3) is 0.167. The highest BCUT2D eigenvalue weighted by atomic mass is 32.2. The number of sulfonamides is 1. The number of fused-ring (bicyclic) bond motifs is 1. The summed E-state index contributed by atoms with van der Waals surface area (Å²) in [4.78, 5) is 24.7. The van der Waals surface area contributed by atoms with Crippen molar-refractivity contribution in [3.63, 3.8) is 0 Å². The predicted molar refractivity (Wildman–Crippen MR) is 137 cm³/mol. The number of hydrogen-bond acceptors (Lipinski definition) is 8. The number of anilines is 3. The molecule has 0 amide bonds. The number of nitrogens with zero attached hydrogens (tertiary/aromatic N) is 5. The summed E-state index contributed by atoms with van der Waals surface area (Å²) in [6, 6.07) is 8.91. The van der Waals surface area contributed by atoms with E-state index in [0.29, 0.717) is 17.2 Å². The van der Waals surface area contributed by atoms with Gasteiger partial charge in [0, 0.05) is 24.9 Å². The molecule has 0 bridgehead atoms. The van der Waals surface area contributed by atoms with Crippen LogP contribution in [0.4, 0.5) is 26.0 Å². The van der Waals surface area contributed by atoms with Gasteiger partial charge in [-0.25, -0.2) is 27.2 Å². The topological polar surface area (TPSA) is 162 Å². The number of aromatic amines is 2. The minimum absolute atomic E-state index is 0.112. The van der Waals surface area contributed by atoms with Crippen LogP contribution in [0.25, 0.3) is 16.7 Å². The van der Waals surface area contributed by atoms with Gasteiger partial charge in [0.25, 0.3) is 0 Å². The van der Waals surface area contributed by atoms with E-state index in [-0.39, 0.29) is 34.6 Å². The predicted octanol–water partition coefficient (Wildman–Crippen LogP) is 3.07. The number of carbonyl (C=O) groups excluding carboxylic acids is 1. The second kappa shape index (κ2) is 10.2. The molecular weight excluding hydrogens is 532 g/mol. The molecule has 4 N–H and O–H groups in total. The summed E-state index contributed by atoms with van der Waals surface area (Å²) >= 11 is 0. The maximum absolute atomic E-state index is 15.3. The zero-order chi connectivity index (χ0) is 27.7. The van der Waals surface area contributed by atoms with Crippen LogP contribution in [0.15, 0.2) is 48.9 Å². The molecule has 15 heteroatoms. The molecule has 0 unspecified atom stereocenters. The van der Waals surface area contributed by atoms with E-state index in [1.54, 1.807) is 36.7 Å². The number of H-pyrrole nitrogens is 2. The maximum atomic E-state index is 15.3. The highest BCUT2D eigenvalue weighted by Gasteiger charge is 2.27. The van der Waals surface area contributed by atoms with Gasteiger partial charge in [0.05, 0.1) is 28.0 Å². The Labute approximate surface area is 220 Å². The Kier molecular flexibility index (Phi) is 6.74. The first kappa shape index (κ1) is 25.8. The van der Waals surface area contributed by atoms with E-state index in [1.165, 1.54) is 12.5 Å². The standard InChI is InChI=1S/C24H21F2N9O3S/c1-3-9-39(37,38)32-18-8-7-17(25)20(21(18)26)22(36)16-11-27-23-19(16)24(29-12-28-23)30-14-5-4-6-15(10-14)35-13(2)31-33-34-35/h4-8,10-12,32H,3,9H2,1-2H3,(H2,27,28,29,30,33,34,36)/p+1. The molecule has 0 spiro atoms. The molecule has 0 atom stereocenters. The second-order valence-electron chi connectivity index (χ2n) is 8.54. The van der Waals surface area contributed by atoms with Crippen molar-refractivity contribution in [2.45, 2.75) is 20.3 Å². The minimum atomic E-state index is -3.89. The number of aromatic nitrogens is 7. The van der Waals surface area contributed by atoms with E-state index in [2.05, 4.69) is 40.5 Å². The van der Waals surface area contributed by atoms with Gasteiger partial charge < -0.3 is 10.3 Å².